The van der Waals surface area contributed by atoms with Crippen molar-refractivity contribution in [3.05, 3.63) is 83.0 Å². The summed E-state index contributed by atoms with van der Waals surface area (Å²) < 4.78 is 5.12. The number of hydrogen-bond acceptors (Lipinski definition) is 4. The Morgan fingerprint density at radius 3 is 2.52 bits per heavy atom. The van der Waals surface area contributed by atoms with Gasteiger partial charge in [0.2, 0.25) is 0 Å². The summed E-state index contributed by atoms with van der Waals surface area (Å²) >= 11 is 0. The molecule has 1 atom stereocenters. The zero-order valence-corrected chi connectivity index (χ0v) is 14.2. The molecule has 3 rings (SSSR count). The van der Waals surface area contributed by atoms with Gasteiger partial charge in [-0.3, -0.25) is 4.98 Å². The smallest absolute Gasteiger partial charge is 0.315 e. The summed E-state index contributed by atoms with van der Waals surface area (Å²) in [4.78, 5) is 16.8. The molecular weight excluding hydrogens is 316 g/mol. The van der Waals surface area contributed by atoms with Crippen molar-refractivity contribution in [2.75, 3.05) is 0 Å². The quantitative estimate of drug-likeness (QED) is 0.749. The molecule has 2 heterocycles. The monoisotopic (exact) mass is 336 g/mol. The minimum absolute atomic E-state index is 0.278. The number of amides is 2. The number of carbonyl (C=O) groups is 1. The second-order valence-electron chi connectivity index (χ2n) is 5.73. The van der Waals surface area contributed by atoms with Crippen molar-refractivity contribution in [3.63, 3.8) is 0 Å². The third-order valence-electron chi connectivity index (χ3n) is 4.00. The Hall–Kier alpha value is -3.15. The highest BCUT2D eigenvalue weighted by atomic mass is 16.5. The molecule has 0 fully saturated rings. The molecule has 3 aromatic rings. The average molecular weight is 336 g/mol. The molecule has 0 saturated carbocycles. The number of nitrogens with one attached hydrogen (secondary N) is 2. The van der Waals surface area contributed by atoms with Crippen molar-refractivity contribution in [2.24, 2.45) is 0 Å². The van der Waals surface area contributed by atoms with Crippen LogP contribution in [0.5, 0.6) is 0 Å². The fourth-order valence-electron chi connectivity index (χ4n) is 2.63. The maximum Gasteiger partial charge on any atom is 0.315 e. The van der Waals surface area contributed by atoms with Crippen molar-refractivity contribution in [1.29, 1.82) is 0 Å². The summed E-state index contributed by atoms with van der Waals surface area (Å²) in [6.45, 7) is 4.04. The summed E-state index contributed by atoms with van der Waals surface area (Å²) in [6.07, 6.45) is 1.72. The number of aromatic nitrogens is 2. The van der Waals surface area contributed by atoms with E-state index in [4.69, 9.17) is 4.52 Å². The molecule has 0 saturated heterocycles. The molecule has 0 radical (unpaired) electrons. The maximum atomic E-state index is 12.4. The van der Waals surface area contributed by atoms with Gasteiger partial charge in [-0.05, 0) is 31.5 Å². The van der Waals surface area contributed by atoms with E-state index in [0.29, 0.717) is 12.3 Å². The van der Waals surface area contributed by atoms with E-state index < -0.39 is 0 Å². The number of nitrogens with zero attached hydrogens (tertiary/aromatic N) is 2. The van der Waals surface area contributed by atoms with Gasteiger partial charge in [-0.25, -0.2) is 4.79 Å². The van der Waals surface area contributed by atoms with Crippen LogP contribution in [0.25, 0.3) is 0 Å². The van der Waals surface area contributed by atoms with E-state index in [0.717, 1.165) is 22.5 Å². The average Bonchev–Trinajstić information content (AvgIpc) is 2.97. The van der Waals surface area contributed by atoms with Gasteiger partial charge in [0.05, 0.1) is 17.4 Å². The fourth-order valence-corrected chi connectivity index (χ4v) is 2.63. The van der Waals surface area contributed by atoms with Crippen molar-refractivity contribution in [2.45, 2.75) is 26.4 Å². The Balaban J connectivity index is 1.73. The van der Waals surface area contributed by atoms with Crippen molar-refractivity contribution < 1.29 is 9.32 Å². The van der Waals surface area contributed by atoms with Gasteiger partial charge in [0, 0.05) is 18.3 Å². The van der Waals surface area contributed by atoms with E-state index in [1.807, 2.05) is 62.4 Å². The van der Waals surface area contributed by atoms with Crippen molar-refractivity contribution in [3.8, 4) is 0 Å². The Morgan fingerprint density at radius 1 is 1.12 bits per heavy atom. The number of carbonyl (C=O) groups excluding carboxylic acids is 1. The van der Waals surface area contributed by atoms with E-state index in [2.05, 4.69) is 20.8 Å². The third kappa shape index (κ3) is 4.03. The van der Waals surface area contributed by atoms with Gasteiger partial charge in [-0.15, -0.1) is 0 Å². The van der Waals surface area contributed by atoms with Crippen LogP contribution in [-0.2, 0) is 6.54 Å². The Kier molecular flexibility index (Phi) is 5.09. The summed E-state index contributed by atoms with van der Waals surface area (Å²) in [5.74, 6) is 0.710. The van der Waals surface area contributed by atoms with Gasteiger partial charge in [0.1, 0.15) is 5.76 Å². The predicted octanol–water partition coefficient (Wildman–Crippen LogP) is 3.28. The van der Waals surface area contributed by atoms with Crippen LogP contribution in [0, 0.1) is 13.8 Å². The molecule has 2 amide bonds. The molecular formula is C19H20N4O2. The number of hydrogen-bond donors (Lipinski definition) is 2. The first kappa shape index (κ1) is 16.7. The molecule has 2 N–H and O–H groups in total. The molecule has 1 unspecified atom stereocenters. The highest BCUT2D eigenvalue weighted by Crippen LogP contribution is 2.20. The zero-order valence-electron chi connectivity index (χ0n) is 14.2. The fraction of sp³-hybridized carbons (Fsp3) is 0.211. The van der Waals surface area contributed by atoms with Crippen LogP contribution in [0.3, 0.4) is 0 Å². The third-order valence-corrected chi connectivity index (χ3v) is 4.00. The standard InChI is InChI=1S/C19H20N4O2/c1-13-16(14(2)25-23-13)12-21-19(24)22-18(15-8-4-3-5-9-15)17-10-6-7-11-20-17/h3-11,18H,12H2,1-2H3,(H2,21,22,24). The van der Waals surface area contributed by atoms with Gasteiger partial charge >= 0.3 is 6.03 Å². The number of benzene rings is 1. The highest BCUT2D eigenvalue weighted by molar-refractivity contribution is 5.75. The lowest BCUT2D eigenvalue weighted by Gasteiger charge is -2.19. The summed E-state index contributed by atoms with van der Waals surface area (Å²) in [6, 6.07) is 14.8. The van der Waals surface area contributed by atoms with Crippen LogP contribution >= 0.6 is 0 Å². The molecule has 0 aliphatic heterocycles. The Morgan fingerprint density at radius 2 is 1.88 bits per heavy atom. The molecule has 0 aliphatic carbocycles. The highest BCUT2D eigenvalue weighted by Gasteiger charge is 2.18. The Bertz CT molecular complexity index is 772. The van der Waals surface area contributed by atoms with Crippen LogP contribution in [0.4, 0.5) is 4.79 Å². The van der Waals surface area contributed by atoms with Gasteiger partial charge in [0.15, 0.2) is 0 Å². The number of pyridine rings is 1. The van der Waals surface area contributed by atoms with Crippen LogP contribution in [0.15, 0.2) is 59.3 Å². The predicted molar refractivity (Wildman–Crippen MR) is 93.9 cm³/mol. The molecule has 6 heteroatoms. The van der Waals surface area contributed by atoms with E-state index in [9.17, 15) is 4.79 Å². The minimum atomic E-state index is -0.327. The zero-order chi connectivity index (χ0) is 17.6. The summed E-state index contributed by atoms with van der Waals surface area (Å²) in [5, 5.41) is 9.74. The van der Waals surface area contributed by atoms with Crippen molar-refractivity contribution in [1.82, 2.24) is 20.8 Å². The first-order valence-electron chi connectivity index (χ1n) is 8.07. The first-order valence-corrected chi connectivity index (χ1v) is 8.07. The maximum absolute atomic E-state index is 12.4. The number of urea groups is 1. The van der Waals surface area contributed by atoms with Crippen LogP contribution in [0.2, 0.25) is 0 Å². The van der Waals surface area contributed by atoms with E-state index in [-0.39, 0.29) is 12.1 Å². The van der Waals surface area contributed by atoms with E-state index in [1.54, 1.807) is 6.20 Å². The molecule has 0 aliphatic rings. The van der Waals surface area contributed by atoms with Crippen LogP contribution < -0.4 is 10.6 Å². The summed E-state index contributed by atoms with van der Waals surface area (Å²) in [7, 11) is 0. The van der Waals surface area contributed by atoms with Gasteiger partial charge < -0.3 is 15.2 Å². The SMILES string of the molecule is Cc1noc(C)c1CNC(=O)NC(c1ccccc1)c1ccccn1. The van der Waals surface area contributed by atoms with Crippen molar-refractivity contribution >= 4 is 6.03 Å². The largest absolute Gasteiger partial charge is 0.361 e. The molecule has 1 aromatic carbocycles. The molecule has 128 valence electrons. The lowest BCUT2D eigenvalue weighted by atomic mass is 10.0. The van der Waals surface area contributed by atoms with E-state index in [1.165, 1.54) is 0 Å². The second-order valence-corrected chi connectivity index (χ2v) is 5.73. The van der Waals surface area contributed by atoms with Gasteiger partial charge in [-0.1, -0.05) is 41.6 Å². The molecule has 0 bridgehead atoms. The second kappa shape index (κ2) is 7.61. The number of rotatable bonds is 5. The van der Waals surface area contributed by atoms with Crippen LogP contribution in [-0.4, -0.2) is 16.2 Å². The topological polar surface area (TPSA) is 80.0 Å². The minimum Gasteiger partial charge on any atom is -0.361 e. The van der Waals surface area contributed by atoms with Gasteiger partial charge in [0.25, 0.3) is 0 Å². The Labute approximate surface area is 146 Å². The van der Waals surface area contributed by atoms with Gasteiger partial charge in [-0.2, -0.15) is 0 Å². The molecule has 6 nitrogen and oxygen atoms in total. The lowest BCUT2D eigenvalue weighted by Crippen LogP contribution is -2.38. The molecule has 0 spiro atoms. The molecule has 25 heavy (non-hydrogen) atoms. The number of aryl methyl sites for hydroxylation is 2. The van der Waals surface area contributed by atoms with Crippen LogP contribution in [0.1, 0.15) is 34.3 Å². The first-order chi connectivity index (χ1) is 12.1. The normalized spacial score (nSPS) is 11.8. The van der Waals surface area contributed by atoms with E-state index >= 15 is 0 Å². The summed E-state index contributed by atoms with van der Waals surface area (Å²) in [5.41, 5.74) is 3.42. The lowest BCUT2D eigenvalue weighted by molar-refractivity contribution is 0.238. The molecule has 2 aromatic heterocycles.